The van der Waals surface area contributed by atoms with Gasteiger partial charge in [0.15, 0.2) is 10.9 Å². The van der Waals surface area contributed by atoms with Crippen LogP contribution in [0.5, 0.6) is 0 Å². The van der Waals surface area contributed by atoms with Crippen molar-refractivity contribution in [3.05, 3.63) is 12.4 Å². The quantitative estimate of drug-likeness (QED) is 0.629. The second-order valence-corrected chi connectivity index (χ2v) is 3.09. The molecular formula is C6H8Cl2N2OS. The van der Waals surface area contributed by atoms with Crippen molar-refractivity contribution in [2.45, 2.75) is 5.16 Å². The number of imidazole rings is 1. The third kappa shape index (κ3) is 3.99. The van der Waals surface area contributed by atoms with Crippen molar-refractivity contribution in [2.24, 2.45) is 0 Å². The number of H-pyrrole nitrogens is 1. The Morgan fingerprint density at radius 2 is 2.50 bits per heavy atom. The normalized spacial score (nSPS) is 9.08. The van der Waals surface area contributed by atoms with E-state index < -0.39 is 0 Å². The first-order chi connectivity index (χ1) is 5.33. The van der Waals surface area contributed by atoms with Crippen molar-refractivity contribution >= 4 is 41.6 Å². The predicted octanol–water partition coefficient (Wildman–Crippen LogP) is 1.73. The molecule has 0 aliphatic carbocycles. The molecule has 0 spiro atoms. The van der Waals surface area contributed by atoms with Gasteiger partial charge in [0.25, 0.3) is 0 Å². The predicted molar refractivity (Wildman–Crippen MR) is 52.3 cm³/mol. The molecule has 1 rings (SSSR count). The number of hydrogen-bond acceptors (Lipinski definition) is 3. The first-order valence-electron chi connectivity index (χ1n) is 3.03. The number of nitrogens with zero attached hydrogens (tertiary/aromatic N) is 1. The fourth-order valence-corrected chi connectivity index (χ4v) is 1.41. The highest BCUT2D eigenvalue weighted by Gasteiger charge is 2.01. The number of halogens is 2. The van der Waals surface area contributed by atoms with E-state index in [1.54, 1.807) is 12.4 Å². The van der Waals surface area contributed by atoms with Gasteiger partial charge in [0, 0.05) is 12.4 Å². The van der Waals surface area contributed by atoms with Crippen molar-refractivity contribution in [1.29, 1.82) is 0 Å². The number of alkyl halides is 1. The van der Waals surface area contributed by atoms with E-state index >= 15 is 0 Å². The standard InChI is InChI=1S/C6H7ClN2OS.ClH/c7-3-5(10)4-11-6-8-1-2-9-6;/h1-2H,3-4H2,(H,8,9);1H. The number of rotatable bonds is 4. The summed E-state index contributed by atoms with van der Waals surface area (Å²) in [7, 11) is 0. The number of carbonyl (C=O) groups excluding carboxylic acids is 1. The molecule has 0 amide bonds. The maximum absolute atomic E-state index is 10.7. The van der Waals surface area contributed by atoms with Gasteiger partial charge in [0.2, 0.25) is 0 Å². The molecule has 0 unspecified atom stereocenters. The lowest BCUT2D eigenvalue weighted by Gasteiger charge is -1.92. The Morgan fingerprint density at radius 1 is 1.75 bits per heavy atom. The minimum atomic E-state index is 0. The molecule has 0 atom stereocenters. The van der Waals surface area contributed by atoms with Crippen LogP contribution in [0.25, 0.3) is 0 Å². The van der Waals surface area contributed by atoms with Gasteiger partial charge in [-0.05, 0) is 0 Å². The van der Waals surface area contributed by atoms with E-state index in [-0.39, 0.29) is 24.1 Å². The molecule has 0 aliphatic rings. The van der Waals surface area contributed by atoms with Crippen LogP contribution < -0.4 is 0 Å². The Kier molecular flexibility index (Phi) is 6.24. The largest absolute Gasteiger partial charge is 0.340 e. The van der Waals surface area contributed by atoms with Gasteiger partial charge in [-0.1, -0.05) is 11.8 Å². The highest BCUT2D eigenvalue weighted by Crippen LogP contribution is 2.10. The van der Waals surface area contributed by atoms with E-state index in [4.69, 9.17) is 11.6 Å². The molecule has 0 radical (unpaired) electrons. The Morgan fingerprint density at radius 3 is 3.00 bits per heavy atom. The molecule has 0 aliphatic heterocycles. The zero-order chi connectivity index (χ0) is 8.10. The van der Waals surface area contributed by atoms with Gasteiger partial charge in [0.05, 0.1) is 11.6 Å². The summed E-state index contributed by atoms with van der Waals surface area (Å²) in [6.45, 7) is 0. The van der Waals surface area contributed by atoms with Crippen molar-refractivity contribution in [2.75, 3.05) is 11.6 Å². The van der Waals surface area contributed by atoms with Gasteiger partial charge in [-0.3, -0.25) is 4.79 Å². The zero-order valence-electron chi connectivity index (χ0n) is 6.12. The van der Waals surface area contributed by atoms with Gasteiger partial charge < -0.3 is 4.98 Å². The monoisotopic (exact) mass is 226 g/mol. The summed E-state index contributed by atoms with van der Waals surface area (Å²) in [6.07, 6.45) is 3.36. The highest BCUT2D eigenvalue weighted by atomic mass is 35.5. The Hall–Kier alpha value is -0.190. The molecule has 12 heavy (non-hydrogen) atoms. The second kappa shape index (κ2) is 6.34. The summed E-state index contributed by atoms with van der Waals surface area (Å²) in [5.41, 5.74) is 0. The Bertz CT molecular complexity index is 227. The molecule has 0 aromatic carbocycles. The van der Waals surface area contributed by atoms with Crippen molar-refractivity contribution in [3.63, 3.8) is 0 Å². The van der Waals surface area contributed by atoms with E-state index in [0.717, 1.165) is 5.16 Å². The van der Waals surface area contributed by atoms with Crippen molar-refractivity contribution < 1.29 is 4.79 Å². The number of nitrogens with one attached hydrogen (secondary N) is 1. The van der Waals surface area contributed by atoms with Crippen LogP contribution in [0.1, 0.15) is 0 Å². The number of carbonyl (C=O) groups is 1. The lowest BCUT2D eigenvalue weighted by molar-refractivity contribution is -0.114. The number of aromatic nitrogens is 2. The van der Waals surface area contributed by atoms with Crippen molar-refractivity contribution in [3.8, 4) is 0 Å². The van der Waals surface area contributed by atoms with Crippen LogP contribution in [-0.4, -0.2) is 27.4 Å². The number of aromatic amines is 1. The second-order valence-electron chi connectivity index (χ2n) is 1.86. The molecule has 1 N–H and O–H groups in total. The maximum atomic E-state index is 10.7. The molecule has 3 nitrogen and oxygen atoms in total. The van der Waals surface area contributed by atoms with E-state index in [2.05, 4.69) is 9.97 Å². The van der Waals surface area contributed by atoms with E-state index in [0.29, 0.717) is 5.75 Å². The van der Waals surface area contributed by atoms with Crippen molar-refractivity contribution in [1.82, 2.24) is 9.97 Å². The van der Waals surface area contributed by atoms with Crippen LogP contribution in [0.2, 0.25) is 0 Å². The lowest BCUT2D eigenvalue weighted by Crippen LogP contribution is -2.02. The van der Waals surface area contributed by atoms with Crippen LogP contribution >= 0.6 is 35.8 Å². The molecule has 1 aromatic rings. The molecular weight excluding hydrogens is 219 g/mol. The molecule has 6 heteroatoms. The highest BCUT2D eigenvalue weighted by molar-refractivity contribution is 7.99. The zero-order valence-corrected chi connectivity index (χ0v) is 8.51. The minimum Gasteiger partial charge on any atom is -0.340 e. The van der Waals surface area contributed by atoms with Crippen LogP contribution in [0, 0.1) is 0 Å². The summed E-state index contributed by atoms with van der Waals surface area (Å²) in [5.74, 6) is 0.484. The summed E-state index contributed by atoms with van der Waals surface area (Å²) >= 11 is 6.66. The third-order valence-electron chi connectivity index (χ3n) is 0.992. The van der Waals surface area contributed by atoms with Gasteiger partial charge in [-0.25, -0.2) is 4.98 Å². The topological polar surface area (TPSA) is 45.8 Å². The molecule has 0 saturated carbocycles. The average Bonchev–Trinajstić information content (AvgIpc) is 2.52. The number of Topliss-reactive ketones (excluding diaryl/α,β-unsaturated/α-hetero) is 1. The SMILES string of the molecule is Cl.O=C(CCl)CSc1ncc[nH]1. The number of hydrogen-bond donors (Lipinski definition) is 1. The third-order valence-corrected chi connectivity index (χ3v) is 2.25. The summed E-state index contributed by atoms with van der Waals surface area (Å²) in [4.78, 5) is 17.5. The number of ketones is 1. The Labute approximate surface area is 85.7 Å². The number of thioether (sulfide) groups is 1. The molecule has 1 aromatic heterocycles. The average molecular weight is 227 g/mol. The molecule has 0 fully saturated rings. The molecule has 1 heterocycles. The Balaban J connectivity index is 0.00000121. The first kappa shape index (κ1) is 11.8. The van der Waals surface area contributed by atoms with Gasteiger partial charge in [-0.15, -0.1) is 24.0 Å². The van der Waals surface area contributed by atoms with Crippen LogP contribution in [0.4, 0.5) is 0 Å². The summed E-state index contributed by atoms with van der Waals surface area (Å²) < 4.78 is 0. The molecule has 0 bridgehead atoms. The first-order valence-corrected chi connectivity index (χ1v) is 4.55. The molecule has 68 valence electrons. The lowest BCUT2D eigenvalue weighted by atomic mass is 10.5. The smallest absolute Gasteiger partial charge is 0.165 e. The fraction of sp³-hybridized carbons (Fsp3) is 0.333. The van der Waals surface area contributed by atoms with E-state index in [1.165, 1.54) is 11.8 Å². The van der Waals surface area contributed by atoms with E-state index in [9.17, 15) is 4.79 Å². The van der Waals surface area contributed by atoms with Gasteiger partial charge >= 0.3 is 0 Å². The minimum absolute atomic E-state index is 0. The van der Waals surface area contributed by atoms with Crippen LogP contribution in [-0.2, 0) is 4.79 Å². The van der Waals surface area contributed by atoms with Crippen LogP contribution in [0.3, 0.4) is 0 Å². The van der Waals surface area contributed by atoms with Gasteiger partial charge in [-0.2, -0.15) is 0 Å². The summed E-state index contributed by atoms with van der Waals surface area (Å²) in [5, 5.41) is 0.753. The summed E-state index contributed by atoms with van der Waals surface area (Å²) in [6, 6.07) is 0. The van der Waals surface area contributed by atoms with Crippen LogP contribution in [0.15, 0.2) is 17.6 Å². The van der Waals surface area contributed by atoms with E-state index in [1.807, 2.05) is 0 Å². The fourth-order valence-electron chi connectivity index (χ4n) is 0.517. The van der Waals surface area contributed by atoms with Gasteiger partial charge in [0.1, 0.15) is 0 Å². The molecule has 0 saturated heterocycles. The maximum Gasteiger partial charge on any atom is 0.165 e.